The largest absolute Gasteiger partial charge is 0.497 e. The van der Waals surface area contributed by atoms with Gasteiger partial charge >= 0.3 is 0 Å². The molecule has 0 spiro atoms. The molecule has 0 radical (unpaired) electrons. The number of nitrogen functional groups attached to an aromatic ring is 1. The summed E-state index contributed by atoms with van der Waals surface area (Å²) in [5.74, 6) is 2.03. The molecule has 20 heavy (non-hydrogen) atoms. The van der Waals surface area contributed by atoms with Gasteiger partial charge in [0.25, 0.3) is 0 Å². The zero-order valence-corrected chi connectivity index (χ0v) is 11.6. The van der Waals surface area contributed by atoms with Crippen molar-refractivity contribution in [2.75, 3.05) is 12.8 Å². The molecule has 0 aliphatic carbocycles. The van der Waals surface area contributed by atoms with Crippen LogP contribution in [0.2, 0.25) is 0 Å². The van der Waals surface area contributed by atoms with E-state index in [2.05, 4.69) is 15.2 Å². The van der Waals surface area contributed by atoms with Gasteiger partial charge in [0, 0.05) is 13.1 Å². The van der Waals surface area contributed by atoms with Gasteiger partial charge in [0.15, 0.2) is 5.82 Å². The first-order valence-electron chi connectivity index (χ1n) is 6.27. The Morgan fingerprint density at radius 1 is 1.35 bits per heavy atom. The highest BCUT2D eigenvalue weighted by Gasteiger charge is 2.19. The van der Waals surface area contributed by atoms with Crippen molar-refractivity contribution in [1.82, 2.24) is 24.3 Å². The Kier molecular flexibility index (Phi) is 2.81. The van der Waals surface area contributed by atoms with Crippen LogP contribution in [0, 0.1) is 0 Å². The summed E-state index contributed by atoms with van der Waals surface area (Å²) in [6.45, 7) is 2.02. The highest BCUT2D eigenvalue weighted by molar-refractivity contribution is 5.80. The molecule has 0 amide bonds. The molecule has 104 valence electrons. The van der Waals surface area contributed by atoms with E-state index in [9.17, 15) is 0 Å². The van der Waals surface area contributed by atoms with Gasteiger partial charge in [-0.3, -0.25) is 4.57 Å². The molecule has 1 unspecified atom stereocenters. The van der Waals surface area contributed by atoms with Gasteiger partial charge in [-0.1, -0.05) is 0 Å². The molecule has 2 N–H and O–H groups in total. The van der Waals surface area contributed by atoms with Crippen LogP contribution in [0.15, 0.2) is 24.5 Å². The topological polar surface area (TPSA) is 83.8 Å². The average molecular weight is 272 g/mol. The Morgan fingerprint density at radius 3 is 2.80 bits per heavy atom. The Balaban J connectivity index is 2.16. The van der Waals surface area contributed by atoms with Crippen molar-refractivity contribution < 1.29 is 4.74 Å². The third-order valence-electron chi connectivity index (χ3n) is 3.43. The van der Waals surface area contributed by atoms with E-state index in [4.69, 9.17) is 10.5 Å². The lowest BCUT2D eigenvalue weighted by atomic mass is 10.2. The van der Waals surface area contributed by atoms with E-state index >= 15 is 0 Å². The number of nitrogens with two attached hydrogens (primary N) is 1. The SMILES string of the molecule is COc1ccc2c(c1)nc(N)n2C(C)c1nncn1C. The normalized spacial score (nSPS) is 12.8. The predicted octanol–water partition coefficient (Wildman–Crippen LogP) is 1.36. The molecule has 0 aliphatic heterocycles. The second-order valence-corrected chi connectivity index (χ2v) is 4.67. The van der Waals surface area contributed by atoms with Crippen LogP contribution in [-0.2, 0) is 7.05 Å². The second-order valence-electron chi connectivity index (χ2n) is 4.67. The molecule has 3 aromatic rings. The van der Waals surface area contributed by atoms with E-state index in [1.807, 2.05) is 41.3 Å². The van der Waals surface area contributed by atoms with Crippen LogP contribution < -0.4 is 10.5 Å². The smallest absolute Gasteiger partial charge is 0.201 e. The zero-order chi connectivity index (χ0) is 14.3. The molecule has 1 atom stereocenters. The van der Waals surface area contributed by atoms with Gasteiger partial charge in [0.05, 0.1) is 24.2 Å². The summed E-state index contributed by atoms with van der Waals surface area (Å²) in [7, 11) is 3.54. The Bertz CT molecular complexity index is 759. The van der Waals surface area contributed by atoms with Crippen molar-refractivity contribution in [2.24, 2.45) is 7.05 Å². The van der Waals surface area contributed by atoms with Gasteiger partial charge in [-0.2, -0.15) is 0 Å². The van der Waals surface area contributed by atoms with Crippen molar-refractivity contribution in [3.8, 4) is 5.75 Å². The molecule has 2 aromatic heterocycles. The summed E-state index contributed by atoms with van der Waals surface area (Å²) in [5, 5.41) is 8.05. The monoisotopic (exact) mass is 272 g/mol. The van der Waals surface area contributed by atoms with Crippen LogP contribution in [0.1, 0.15) is 18.8 Å². The molecule has 7 heteroatoms. The first-order chi connectivity index (χ1) is 9.61. The molecule has 0 aliphatic rings. The number of hydrogen-bond donors (Lipinski definition) is 1. The lowest BCUT2D eigenvalue weighted by Gasteiger charge is -2.15. The number of aromatic nitrogens is 5. The van der Waals surface area contributed by atoms with E-state index in [-0.39, 0.29) is 6.04 Å². The lowest BCUT2D eigenvalue weighted by Crippen LogP contribution is -2.14. The fourth-order valence-corrected chi connectivity index (χ4v) is 2.42. The Labute approximate surface area is 116 Å². The van der Waals surface area contributed by atoms with Gasteiger partial charge in [0.2, 0.25) is 5.95 Å². The maximum Gasteiger partial charge on any atom is 0.201 e. The van der Waals surface area contributed by atoms with Crippen molar-refractivity contribution in [1.29, 1.82) is 0 Å². The molecule has 3 rings (SSSR count). The molecule has 0 saturated heterocycles. The van der Waals surface area contributed by atoms with Crippen molar-refractivity contribution in [3.63, 3.8) is 0 Å². The van der Waals surface area contributed by atoms with E-state index in [0.717, 1.165) is 22.6 Å². The van der Waals surface area contributed by atoms with Crippen LogP contribution in [0.4, 0.5) is 5.95 Å². The van der Waals surface area contributed by atoms with E-state index in [0.29, 0.717) is 5.95 Å². The Morgan fingerprint density at radius 2 is 2.15 bits per heavy atom. The summed E-state index contributed by atoms with van der Waals surface area (Å²) in [5.41, 5.74) is 7.80. The maximum atomic E-state index is 6.06. The minimum absolute atomic E-state index is 0.0547. The first-order valence-corrected chi connectivity index (χ1v) is 6.27. The van der Waals surface area contributed by atoms with Crippen molar-refractivity contribution >= 4 is 17.0 Å². The number of fused-ring (bicyclic) bond motifs is 1. The average Bonchev–Trinajstić information content (AvgIpc) is 2.99. The fraction of sp³-hybridized carbons (Fsp3) is 0.308. The third kappa shape index (κ3) is 1.78. The van der Waals surface area contributed by atoms with Gasteiger partial charge in [-0.05, 0) is 19.1 Å². The van der Waals surface area contributed by atoms with Crippen LogP contribution in [0.3, 0.4) is 0 Å². The van der Waals surface area contributed by atoms with Gasteiger partial charge < -0.3 is 15.0 Å². The number of nitrogens with zero attached hydrogens (tertiary/aromatic N) is 5. The molecule has 1 aromatic carbocycles. The molecule has 0 bridgehead atoms. The number of imidazole rings is 1. The number of ether oxygens (including phenoxy) is 1. The summed E-state index contributed by atoms with van der Waals surface area (Å²) < 4.78 is 9.02. The molecular weight excluding hydrogens is 256 g/mol. The lowest BCUT2D eigenvalue weighted by molar-refractivity contribution is 0.415. The molecule has 7 nitrogen and oxygen atoms in total. The van der Waals surface area contributed by atoms with Gasteiger partial charge in [-0.25, -0.2) is 4.98 Å². The minimum Gasteiger partial charge on any atom is -0.497 e. The third-order valence-corrected chi connectivity index (χ3v) is 3.43. The summed E-state index contributed by atoms with van der Waals surface area (Å²) in [6.07, 6.45) is 1.67. The first kappa shape index (κ1) is 12.5. The van der Waals surface area contributed by atoms with Crippen molar-refractivity contribution in [3.05, 3.63) is 30.4 Å². The number of aryl methyl sites for hydroxylation is 1. The van der Waals surface area contributed by atoms with Crippen molar-refractivity contribution in [2.45, 2.75) is 13.0 Å². The minimum atomic E-state index is -0.0547. The molecular formula is C13H16N6O. The summed E-state index contributed by atoms with van der Waals surface area (Å²) >= 11 is 0. The number of rotatable bonds is 3. The van der Waals surface area contributed by atoms with E-state index < -0.39 is 0 Å². The number of benzene rings is 1. The van der Waals surface area contributed by atoms with E-state index in [1.54, 1.807) is 13.4 Å². The molecule has 0 fully saturated rings. The van der Waals surface area contributed by atoms with E-state index in [1.165, 1.54) is 0 Å². The number of anilines is 1. The highest BCUT2D eigenvalue weighted by atomic mass is 16.5. The fourth-order valence-electron chi connectivity index (χ4n) is 2.42. The molecule has 0 saturated carbocycles. The highest BCUT2D eigenvalue weighted by Crippen LogP contribution is 2.28. The van der Waals surface area contributed by atoms with Crippen LogP contribution >= 0.6 is 0 Å². The summed E-state index contributed by atoms with van der Waals surface area (Å²) in [4.78, 5) is 4.39. The Hall–Kier alpha value is -2.57. The predicted molar refractivity (Wildman–Crippen MR) is 75.5 cm³/mol. The second kappa shape index (κ2) is 4.52. The van der Waals surface area contributed by atoms with Crippen LogP contribution in [0.5, 0.6) is 5.75 Å². The number of methoxy groups -OCH3 is 1. The summed E-state index contributed by atoms with van der Waals surface area (Å²) in [6, 6.07) is 5.65. The standard InChI is InChI=1S/C13H16N6O/c1-8(12-17-15-7-18(12)2)19-11-5-4-9(20-3)6-10(11)16-13(19)14/h4-8H,1-3H3,(H2,14,16). The zero-order valence-electron chi connectivity index (χ0n) is 11.6. The van der Waals surface area contributed by atoms with Gasteiger partial charge in [0.1, 0.15) is 12.1 Å². The maximum absolute atomic E-state index is 6.06. The van der Waals surface area contributed by atoms with Gasteiger partial charge in [-0.15, -0.1) is 10.2 Å². The molecule has 2 heterocycles. The number of hydrogen-bond acceptors (Lipinski definition) is 5. The quantitative estimate of drug-likeness (QED) is 0.778. The van der Waals surface area contributed by atoms with Crippen LogP contribution in [0.25, 0.3) is 11.0 Å². The van der Waals surface area contributed by atoms with Crippen LogP contribution in [-0.4, -0.2) is 31.4 Å².